The van der Waals surface area contributed by atoms with E-state index in [1.54, 1.807) is 12.3 Å². The van der Waals surface area contributed by atoms with Gasteiger partial charge in [0, 0.05) is 12.6 Å². The molecule has 0 saturated carbocycles. The summed E-state index contributed by atoms with van der Waals surface area (Å²) in [5.74, 6) is -0.165. The predicted molar refractivity (Wildman–Crippen MR) is 77.4 cm³/mol. The first-order valence-corrected chi connectivity index (χ1v) is 6.78. The van der Waals surface area contributed by atoms with Crippen molar-refractivity contribution < 1.29 is 9.18 Å². The van der Waals surface area contributed by atoms with Crippen LogP contribution in [0.1, 0.15) is 40.0 Å². The number of hydrogen-bond acceptors (Lipinski definition) is 2. The van der Waals surface area contributed by atoms with Crippen molar-refractivity contribution in [3.05, 3.63) is 64.7 Å². The van der Waals surface area contributed by atoms with Gasteiger partial charge in [0.25, 0.3) is 0 Å². The first kappa shape index (κ1) is 14.4. The van der Waals surface area contributed by atoms with Crippen molar-refractivity contribution in [2.75, 3.05) is 0 Å². The number of benzene rings is 1. The number of nitrogens with zero attached hydrogens (tertiary/aromatic N) is 1. The number of halogens is 1. The van der Waals surface area contributed by atoms with Crippen molar-refractivity contribution in [2.24, 2.45) is 0 Å². The maximum atomic E-state index is 13.7. The molecule has 0 unspecified atom stereocenters. The van der Waals surface area contributed by atoms with E-state index in [0.717, 1.165) is 11.1 Å². The van der Waals surface area contributed by atoms with Gasteiger partial charge in [0.15, 0.2) is 5.78 Å². The van der Waals surface area contributed by atoms with Crippen LogP contribution in [0.15, 0.2) is 36.5 Å². The number of pyridine rings is 1. The molecule has 0 atom stereocenters. The summed E-state index contributed by atoms with van der Waals surface area (Å²) < 4.78 is 13.7. The summed E-state index contributed by atoms with van der Waals surface area (Å²) in [6.45, 7) is 3.74. The summed E-state index contributed by atoms with van der Waals surface area (Å²) in [6, 6.07) is 8.90. The van der Waals surface area contributed by atoms with Gasteiger partial charge in [-0.2, -0.15) is 0 Å². The van der Waals surface area contributed by atoms with E-state index in [1.807, 2.05) is 32.0 Å². The Morgan fingerprint density at radius 1 is 1.25 bits per heavy atom. The fourth-order valence-corrected chi connectivity index (χ4v) is 2.19. The molecule has 1 aromatic heterocycles. The van der Waals surface area contributed by atoms with Crippen LogP contribution in [0.2, 0.25) is 0 Å². The highest BCUT2D eigenvalue weighted by Crippen LogP contribution is 2.14. The highest BCUT2D eigenvalue weighted by molar-refractivity contribution is 5.95. The molecule has 104 valence electrons. The van der Waals surface area contributed by atoms with Gasteiger partial charge in [-0.3, -0.25) is 9.78 Å². The number of hydrogen-bond donors (Lipinski definition) is 0. The number of aromatic nitrogens is 1. The van der Waals surface area contributed by atoms with E-state index in [-0.39, 0.29) is 11.6 Å². The Morgan fingerprint density at radius 3 is 2.75 bits per heavy atom. The molecule has 0 spiro atoms. The molecule has 0 amide bonds. The molecule has 2 rings (SSSR count). The molecule has 0 saturated heterocycles. The van der Waals surface area contributed by atoms with E-state index in [2.05, 4.69) is 4.98 Å². The number of Topliss-reactive ketones (excluding diaryl/α,β-unsaturated/α-hetero) is 1. The SMILES string of the molecule is Cc1ccc(CCCC(=O)c2ncccc2C)c(F)c1. The number of aryl methyl sites for hydroxylation is 3. The highest BCUT2D eigenvalue weighted by Gasteiger charge is 2.10. The Hall–Kier alpha value is -2.03. The third kappa shape index (κ3) is 3.50. The Balaban J connectivity index is 1.93. The minimum atomic E-state index is -0.188. The zero-order chi connectivity index (χ0) is 14.5. The van der Waals surface area contributed by atoms with Crippen molar-refractivity contribution in [1.82, 2.24) is 4.98 Å². The Morgan fingerprint density at radius 2 is 2.05 bits per heavy atom. The Labute approximate surface area is 118 Å². The first-order chi connectivity index (χ1) is 9.58. The quantitative estimate of drug-likeness (QED) is 0.768. The number of rotatable bonds is 5. The lowest BCUT2D eigenvalue weighted by Crippen LogP contribution is -2.05. The van der Waals surface area contributed by atoms with Crippen molar-refractivity contribution in [3.8, 4) is 0 Å². The van der Waals surface area contributed by atoms with Crippen LogP contribution >= 0.6 is 0 Å². The largest absolute Gasteiger partial charge is 0.292 e. The van der Waals surface area contributed by atoms with Gasteiger partial charge in [0.1, 0.15) is 11.5 Å². The second kappa shape index (κ2) is 6.42. The molecule has 3 heteroatoms. The van der Waals surface area contributed by atoms with Gasteiger partial charge in [-0.25, -0.2) is 4.39 Å². The molecule has 0 aliphatic carbocycles. The maximum Gasteiger partial charge on any atom is 0.181 e. The van der Waals surface area contributed by atoms with Crippen molar-refractivity contribution in [3.63, 3.8) is 0 Å². The Kier molecular flexibility index (Phi) is 4.61. The van der Waals surface area contributed by atoms with Gasteiger partial charge in [0.05, 0.1) is 0 Å². The average Bonchev–Trinajstić information content (AvgIpc) is 2.41. The highest BCUT2D eigenvalue weighted by atomic mass is 19.1. The molecular formula is C17H18FNO. The average molecular weight is 271 g/mol. The van der Waals surface area contributed by atoms with E-state index in [4.69, 9.17) is 0 Å². The van der Waals surface area contributed by atoms with Crippen molar-refractivity contribution >= 4 is 5.78 Å². The van der Waals surface area contributed by atoms with Crippen LogP contribution < -0.4 is 0 Å². The summed E-state index contributed by atoms with van der Waals surface area (Å²) in [5, 5.41) is 0. The molecule has 0 radical (unpaired) electrons. The third-order valence-corrected chi connectivity index (χ3v) is 3.33. The molecule has 20 heavy (non-hydrogen) atoms. The maximum absolute atomic E-state index is 13.7. The van der Waals surface area contributed by atoms with E-state index in [9.17, 15) is 9.18 Å². The standard InChI is InChI=1S/C17H18FNO/c1-12-8-9-14(15(18)11-12)6-3-7-16(20)17-13(2)5-4-10-19-17/h4-5,8-11H,3,6-7H2,1-2H3. The van der Waals surface area contributed by atoms with Gasteiger partial charge in [-0.05, 0) is 55.5 Å². The van der Waals surface area contributed by atoms with Crippen LogP contribution in [0.25, 0.3) is 0 Å². The second-order valence-electron chi connectivity index (χ2n) is 5.04. The summed E-state index contributed by atoms with van der Waals surface area (Å²) in [7, 11) is 0. The van der Waals surface area contributed by atoms with Crippen LogP contribution in [0, 0.1) is 19.7 Å². The second-order valence-corrected chi connectivity index (χ2v) is 5.04. The van der Waals surface area contributed by atoms with Gasteiger partial charge in [-0.1, -0.05) is 18.2 Å². The van der Waals surface area contributed by atoms with E-state index in [1.165, 1.54) is 6.07 Å². The number of carbonyl (C=O) groups excluding carboxylic acids is 1. The van der Waals surface area contributed by atoms with Crippen LogP contribution in [0.3, 0.4) is 0 Å². The topological polar surface area (TPSA) is 30.0 Å². The third-order valence-electron chi connectivity index (χ3n) is 3.33. The lowest BCUT2D eigenvalue weighted by molar-refractivity contribution is 0.0974. The zero-order valence-corrected chi connectivity index (χ0v) is 11.8. The summed E-state index contributed by atoms with van der Waals surface area (Å²) >= 11 is 0. The monoisotopic (exact) mass is 271 g/mol. The molecule has 2 aromatic rings. The molecule has 0 aliphatic heterocycles. The lowest BCUT2D eigenvalue weighted by atomic mass is 10.0. The molecule has 0 aliphatic rings. The van der Waals surface area contributed by atoms with E-state index < -0.39 is 0 Å². The van der Waals surface area contributed by atoms with E-state index in [0.29, 0.717) is 30.5 Å². The van der Waals surface area contributed by atoms with Gasteiger partial charge in [0.2, 0.25) is 0 Å². The van der Waals surface area contributed by atoms with Crippen LogP contribution in [0.5, 0.6) is 0 Å². The molecule has 0 bridgehead atoms. The fourth-order valence-electron chi connectivity index (χ4n) is 2.19. The van der Waals surface area contributed by atoms with Crippen LogP contribution in [-0.2, 0) is 6.42 Å². The van der Waals surface area contributed by atoms with Crippen molar-refractivity contribution in [2.45, 2.75) is 33.1 Å². The first-order valence-electron chi connectivity index (χ1n) is 6.78. The predicted octanol–water partition coefficient (Wildman–Crippen LogP) is 4.04. The minimum Gasteiger partial charge on any atom is -0.292 e. The van der Waals surface area contributed by atoms with Crippen molar-refractivity contribution in [1.29, 1.82) is 0 Å². The van der Waals surface area contributed by atoms with Crippen LogP contribution in [0.4, 0.5) is 4.39 Å². The molecule has 0 N–H and O–H groups in total. The Bertz CT molecular complexity index is 622. The normalized spacial score (nSPS) is 10.6. The lowest BCUT2D eigenvalue weighted by Gasteiger charge is -2.05. The molecule has 1 heterocycles. The summed E-state index contributed by atoms with van der Waals surface area (Å²) in [6.07, 6.45) is 3.23. The van der Waals surface area contributed by atoms with Gasteiger partial charge >= 0.3 is 0 Å². The van der Waals surface area contributed by atoms with E-state index >= 15 is 0 Å². The molecule has 1 aromatic carbocycles. The number of ketones is 1. The number of carbonyl (C=O) groups is 1. The van der Waals surface area contributed by atoms with Gasteiger partial charge < -0.3 is 0 Å². The molecule has 2 nitrogen and oxygen atoms in total. The molecular weight excluding hydrogens is 253 g/mol. The summed E-state index contributed by atoms with van der Waals surface area (Å²) in [4.78, 5) is 16.1. The summed E-state index contributed by atoms with van der Waals surface area (Å²) in [5.41, 5.74) is 2.99. The fraction of sp³-hybridized carbons (Fsp3) is 0.294. The minimum absolute atomic E-state index is 0.0237. The molecule has 0 fully saturated rings. The zero-order valence-electron chi connectivity index (χ0n) is 11.8. The van der Waals surface area contributed by atoms with Crippen LogP contribution in [-0.4, -0.2) is 10.8 Å². The smallest absolute Gasteiger partial charge is 0.181 e. The van der Waals surface area contributed by atoms with Gasteiger partial charge in [-0.15, -0.1) is 0 Å².